The minimum atomic E-state index is -3.94. The van der Waals surface area contributed by atoms with Gasteiger partial charge in [-0.3, -0.25) is 10.2 Å². The number of fused-ring (bicyclic) bond motifs is 1. The molecule has 0 saturated carbocycles. The van der Waals surface area contributed by atoms with Crippen molar-refractivity contribution in [3.63, 3.8) is 0 Å². The first-order valence-corrected chi connectivity index (χ1v) is 7.80. The molecule has 1 aromatic heterocycles. The van der Waals surface area contributed by atoms with Gasteiger partial charge in [-0.05, 0) is 24.3 Å². The summed E-state index contributed by atoms with van der Waals surface area (Å²) in [5.41, 5.74) is 2.06. The van der Waals surface area contributed by atoms with Gasteiger partial charge in [0.1, 0.15) is 13.2 Å². The van der Waals surface area contributed by atoms with E-state index in [2.05, 4.69) is 5.43 Å². The van der Waals surface area contributed by atoms with Crippen molar-refractivity contribution in [2.75, 3.05) is 13.2 Å². The molecule has 8 nitrogen and oxygen atoms in total. The van der Waals surface area contributed by atoms with Gasteiger partial charge in [0.15, 0.2) is 17.3 Å². The summed E-state index contributed by atoms with van der Waals surface area (Å²) in [5, 5.41) is 0. The number of benzene rings is 1. The van der Waals surface area contributed by atoms with E-state index < -0.39 is 15.9 Å². The lowest BCUT2D eigenvalue weighted by atomic mass is 10.3. The molecule has 0 unspecified atom stereocenters. The van der Waals surface area contributed by atoms with Gasteiger partial charge in [0.05, 0.1) is 11.2 Å². The molecule has 9 heteroatoms. The molecular formula is C13H12N2O6S. The number of sulfonamides is 1. The third-order valence-corrected chi connectivity index (χ3v) is 4.11. The predicted molar refractivity (Wildman–Crippen MR) is 73.9 cm³/mol. The van der Waals surface area contributed by atoms with E-state index in [4.69, 9.17) is 13.9 Å². The second-order valence-electron chi connectivity index (χ2n) is 4.34. The lowest BCUT2D eigenvalue weighted by molar-refractivity contribution is 0.0917. The van der Waals surface area contributed by atoms with Crippen molar-refractivity contribution in [3.05, 3.63) is 42.4 Å². The van der Waals surface area contributed by atoms with Crippen LogP contribution in [-0.2, 0) is 10.0 Å². The van der Waals surface area contributed by atoms with Crippen molar-refractivity contribution in [2.45, 2.75) is 4.90 Å². The third-order valence-electron chi connectivity index (χ3n) is 2.87. The maximum atomic E-state index is 12.1. The molecule has 116 valence electrons. The lowest BCUT2D eigenvalue weighted by Crippen LogP contribution is -2.41. The zero-order valence-electron chi connectivity index (χ0n) is 11.2. The third kappa shape index (κ3) is 2.90. The summed E-state index contributed by atoms with van der Waals surface area (Å²) in [6.45, 7) is 0.760. The summed E-state index contributed by atoms with van der Waals surface area (Å²) < 4.78 is 39.8. The van der Waals surface area contributed by atoms with E-state index >= 15 is 0 Å². The number of nitrogens with one attached hydrogen (secondary N) is 2. The highest BCUT2D eigenvalue weighted by Gasteiger charge is 2.20. The molecule has 1 aliphatic rings. The van der Waals surface area contributed by atoms with Crippen LogP contribution in [0.15, 0.2) is 45.9 Å². The molecule has 22 heavy (non-hydrogen) atoms. The van der Waals surface area contributed by atoms with Gasteiger partial charge < -0.3 is 13.9 Å². The number of ether oxygens (including phenoxy) is 2. The molecule has 1 aromatic carbocycles. The number of hydrogen-bond donors (Lipinski definition) is 2. The fraction of sp³-hybridized carbons (Fsp3) is 0.154. The van der Waals surface area contributed by atoms with Crippen LogP contribution in [0, 0.1) is 0 Å². The van der Waals surface area contributed by atoms with Crippen molar-refractivity contribution in [1.29, 1.82) is 0 Å². The molecule has 0 spiro atoms. The predicted octanol–water partition coefficient (Wildman–Crippen LogP) is 0.674. The molecule has 0 fully saturated rings. The number of carbonyl (C=O) groups excluding carboxylic acids is 1. The maximum absolute atomic E-state index is 12.1. The second kappa shape index (κ2) is 5.70. The molecular weight excluding hydrogens is 312 g/mol. The Hall–Kier alpha value is -2.52. The molecule has 2 aromatic rings. The van der Waals surface area contributed by atoms with Crippen LogP contribution < -0.4 is 19.7 Å². The summed E-state index contributed by atoms with van der Waals surface area (Å²) in [6.07, 6.45) is 1.31. The standard InChI is InChI=1S/C13H12N2O6S/c16-13(11-2-1-5-19-11)14-15-22(17,18)9-3-4-10-12(8-9)21-7-6-20-10/h1-5,8,15H,6-7H2,(H,14,16). The van der Waals surface area contributed by atoms with E-state index in [-0.39, 0.29) is 10.7 Å². The molecule has 0 aliphatic carbocycles. The Bertz CT molecular complexity index is 785. The molecule has 3 rings (SSSR count). The number of carbonyl (C=O) groups is 1. The van der Waals surface area contributed by atoms with Crippen LogP contribution in [0.25, 0.3) is 0 Å². The molecule has 2 heterocycles. The molecule has 0 atom stereocenters. The van der Waals surface area contributed by atoms with Crippen molar-refractivity contribution in [1.82, 2.24) is 10.3 Å². The Balaban J connectivity index is 1.74. The van der Waals surface area contributed by atoms with E-state index in [1.165, 1.54) is 36.6 Å². The van der Waals surface area contributed by atoms with Crippen molar-refractivity contribution in [2.24, 2.45) is 0 Å². The average Bonchev–Trinajstić information content (AvgIpc) is 3.07. The minimum Gasteiger partial charge on any atom is -0.486 e. The Morgan fingerprint density at radius 3 is 2.59 bits per heavy atom. The van der Waals surface area contributed by atoms with Crippen LogP contribution in [-0.4, -0.2) is 27.5 Å². The van der Waals surface area contributed by atoms with Crippen LogP contribution in [0.3, 0.4) is 0 Å². The molecule has 0 bridgehead atoms. The number of hydrazine groups is 1. The minimum absolute atomic E-state index is 0.00938. The first-order chi connectivity index (χ1) is 10.6. The highest BCUT2D eigenvalue weighted by Crippen LogP contribution is 2.31. The quantitative estimate of drug-likeness (QED) is 0.801. The van der Waals surface area contributed by atoms with Gasteiger partial charge in [-0.25, -0.2) is 8.42 Å². The van der Waals surface area contributed by atoms with E-state index in [0.29, 0.717) is 24.7 Å². The van der Waals surface area contributed by atoms with Crippen molar-refractivity contribution < 1.29 is 27.1 Å². The number of furan rings is 1. The normalized spacial score (nSPS) is 13.6. The summed E-state index contributed by atoms with van der Waals surface area (Å²) in [4.78, 5) is 13.6. The number of rotatable bonds is 4. The monoisotopic (exact) mass is 324 g/mol. The molecule has 0 saturated heterocycles. The van der Waals surface area contributed by atoms with E-state index in [1.807, 2.05) is 4.83 Å². The van der Waals surface area contributed by atoms with Crippen molar-refractivity contribution >= 4 is 15.9 Å². The first-order valence-electron chi connectivity index (χ1n) is 6.31. The SMILES string of the molecule is O=C(NNS(=O)(=O)c1ccc2c(c1)OCCO2)c1ccco1. The van der Waals surface area contributed by atoms with Gasteiger partial charge in [-0.1, -0.05) is 0 Å². The zero-order valence-corrected chi connectivity index (χ0v) is 12.1. The van der Waals surface area contributed by atoms with Crippen LogP contribution >= 0.6 is 0 Å². The highest BCUT2D eigenvalue weighted by atomic mass is 32.2. The van der Waals surface area contributed by atoms with Crippen LogP contribution in [0.4, 0.5) is 0 Å². The summed E-state index contributed by atoms with van der Waals surface area (Å²) in [7, 11) is -3.94. The summed E-state index contributed by atoms with van der Waals surface area (Å²) >= 11 is 0. The summed E-state index contributed by atoms with van der Waals surface area (Å²) in [6, 6.07) is 7.11. The smallest absolute Gasteiger partial charge is 0.301 e. The second-order valence-corrected chi connectivity index (χ2v) is 6.02. The van der Waals surface area contributed by atoms with Gasteiger partial charge in [-0.2, -0.15) is 0 Å². The highest BCUT2D eigenvalue weighted by molar-refractivity contribution is 7.89. The van der Waals surface area contributed by atoms with E-state index in [9.17, 15) is 13.2 Å². The fourth-order valence-electron chi connectivity index (χ4n) is 1.83. The van der Waals surface area contributed by atoms with Crippen LogP contribution in [0.5, 0.6) is 11.5 Å². The largest absolute Gasteiger partial charge is 0.486 e. The van der Waals surface area contributed by atoms with Crippen LogP contribution in [0.2, 0.25) is 0 Å². The Labute approximate surface area is 126 Å². The number of amides is 1. The van der Waals surface area contributed by atoms with Gasteiger partial charge >= 0.3 is 5.91 Å². The van der Waals surface area contributed by atoms with E-state index in [0.717, 1.165) is 0 Å². The molecule has 0 radical (unpaired) electrons. The molecule has 1 amide bonds. The molecule has 2 N–H and O–H groups in total. The van der Waals surface area contributed by atoms with Gasteiger partial charge in [0, 0.05) is 6.07 Å². The fourth-order valence-corrected chi connectivity index (χ4v) is 2.69. The zero-order chi connectivity index (χ0) is 15.6. The lowest BCUT2D eigenvalue weighted by Gasteiger charge is -2.18. The first kappa shape index (κ1) is 14.4. The summed E-state index contributed by atoms with van der Waals surface area (Å²) in [5.74, 6) is 0.104. The molecule has 1 aliphatic heterocycles. The van der Waals surface area contributed by atoms with Crippen molar-refractivity contribution in [3.8, 4) is 11.5 Å². The van der Waals surface area contributed by atoms with Gasteiger partial charge in [0.2, 0.25) is 0 Å². The van der Waals surface area contributed by atoms with Crippen LogP contribution in [0.1, 0.15) is 10.6 Å². The Kier molecular flexibility index (Phi) is 3.73. The number of hydrogen-bond acceptors (Lipinski definition) is 6. The Morgan fingerprint density at radius 1 is 1.09 bits per heavy atom. The van der Waals surface area contributed by atoms with E-state index in [1.54, 1.807) is 0 Å². The van der Waals surface area contributed by atoms with Gasteiger partial charge in [0.25, 0.3) is 10.0 Å². The average molecular weight is 324 g/mol. The topological polar surface area (TPSA) is 107 Å². The Morgan fingerprint density at radius 2 is 1.86 bits per heavy atom. The van der Waals surface area contributed by atoms with Gasteiger partial charge in [-0.15, -0.1) is 4.83 Å². The maximum Gasteiger partial charge on any atom is 0.301 e.